The highest BCUT2D eigenvalue weighted by Gasteiger charge is 2.06. The highest BCUT2D eigenvalue weighted by atomic mass is 35.5. The van der Waals surface area contributed by atoms with E-state index in [0.717, 1.165) is 23.5 Å². The van der Waals surface area contributed by atoms with E-state index in [1.54, 1.807) is 12.4 Å². The number of hydrogen-bond acceptors (Lipinski definition) is 2. The van der Waals surface area contributed by atoms with Crippen molar-refractivity contribution in [3.05, 3.63) is 53.9 Å². The Bertz CT molecular complexity index is 454. The summed E-state index contributed by atoms with van der Waals surface area (Å²) in [5.74, 6) is 2.02. The molecule has 0 amide bonds. The number of alkyl halides is 1. The smallest absolute Gasteiger partial charge is 0.150 e. The third-order valence-electron chi connectivity index (χ3n) is 2.59. The van der Waals surface area contributed by atoms with Crippen molar-refractivity contribution in [2.75, 3.05) is 0 Å². The molecule has 2 aromatic rings. The van der Waals surface area contributed by atoms with Gasteiger partial charge in [0.05, 0.1) is 12.1 Å². The Labute approximate surface area is 106 Å². The van der Waals surface area contributed by atoms with Crippen LogP contribution in [0.5, 0.6) is 11.5 Å². The molecule has 1 heterocycles. The van der Waals surface area contributed by atoms with E-state index in [1.807, 2.05) is 24.3 Å². The van der Waals surface area contributed by atoms with Gasteiger partial charge in [-0.25, -0.2) is 0 Å². The molecule has 0 spiro atoms. The maximum Gasteiger partial charge on any atom is 0.150 e. The van der Waals surface area contributed by atoms with Crippen molar-refractivity contribution >= 4 is 11.6 Å². The molecule has 1 aromatic carbocycles. The molecule has 2 nitrogen and oxygen atoms in total. The van der Waals surface area contributed by atoms with Crippen LogP contribution < -0.4 is 4.74 Å². The molecule has 3 heteroatoms. The Balaban J connectivity index is 2.31. The minimum atomic E-state index is 0.423. The fourth-order valence-electron chi connectivity index (χ4n) is 1.63. The zero-order chi connectivity index (χ0) is 12.1. The van der Waals surface area contributed by atoms with Crippen LogP contribution in [0.25, 0.3) is 0 Å². The minimum Gasteiger partial charge on any atom is -0.455 e. The van der Waals surface area contributed by atoms with Gasteiger partial charge in [-0.15, -0.1) is 11.6 Å². The topological polar surface area (TPSA) is 22.1 Å². The predicted molar refractivity (Wildman–Crippen MR) is 69.7 cm³/mol. The highest BCUT2D eigenvalue weighted by molar-refractivity contribution is 6.17. The fourth-order valence-corrected chi connectivity index (χ4v) is 1.85. The molecular weight excluding hydrogens is 234 g/mol. The first-order chi connectivity index (χ1) is 8.35. The van der Waals surface area contributed by atoms with E-state index in [0.29, 0.717) is 5.88 Å². The number of halogens is 1. The molecule has 1 aromatic heterocycles. The highest BCUT2D eigenvalue weighted by Crippen LogP contribution is 2.28. The summed E-state index contributed by atoms with van der Waals surface area (Å²) < 4.78 is 5.88. The predicted octanol–water partition coefficient (Wildman–Crippen LogP) is 4.18. The van der Waals surface area contributed by atoms with Crippen molar-refractivity contribution in [2.24, 2.45) is 0 Å². The van der Waals surface area contributed by atoms with Gasteiger partial charge < -0.3 is 4.74 Å². The second kappa shape index (κ2) is 5.69. The van der Waals surface area contributed by atoms with Crippen LogP contribution in [0.15, 0.2) is 42.7 Å². The molecule has 0 aliphatic heterocycles. The number of aryl methyl sites for hydroxylation is 1. The van der Waals surface area contributed by atoms with Crippen LogP contribution in [-0.2, 0) is 12.3 Å². The average Bonchev–Trinajstić information content (AvgIpc) is 2.40. The van der Waals surface area contributed by atoms with Gasteiger partial charge in [-0.1, -0.05) is 25.1 Å². The third-order valence-corrected chi connectivity index (χ3v) is 2.88. The maximum atomic E-state index is 5.88. The van der Waals surface area contributed by atoms with Crippen molar-refractivity contribution < 1.29 is 4.74 Å². The second-order valence-electron chi connectivity index (χ2n) is 3.68. The molecule has 0 aliphatic carbocycles. The Morgan fingerprint density at radius 1 is 1.12 bits per heavy atom. The van der Waals surface area contributed by atoms with Gasteiger partial charge in [-0.2, -0.15) is 0 Å². The number of para-hydroxylation sites is 1. The van der Waals surface area contributed by atoms with Gasteiger partial charge >= 0.3 is 0 Å². The molecule has 2 rings (SSSR count). The van der Waals surface area contributed by atoms with Crippen LogP contribution in [0.4, 0.5) is 0 Å². The van der Waals surface area contributed by atoms with Crippen LogP contribution in [0.3, 0.4) is 0 Å². The lowest BCUT2D eigenvalue weighted by molar-refractivity contribution is 0.470. The van der Waals surface area contributed by atoms with Gasteiger partial charge in [-0.05, 0) is 24.1 Å². The molecule has 0 radical (unpaired) electrons. The largest absolute Gasteiger partial charge is 0.455 e. The first-order valence-corrected chi connectivity index (χ1v) is 6.13. The van der Waals surface area contributed by atoms with E-state index < -0.39 is 0 Å². The van der Waals surface area contributed by atoms with Crippen molar-refractivity contribution in [1.29, 1.82) is 0 Å². The molecule has 88 valence electrons. The molecule has 0 N–H and O–H groups in total. The Hall–Kier alpha value is -1.54. The molecular formula is C14H14ClNO. The number of benzene rings is 1. The SMILES string of the molecule is CCc1ccccc1Oc1cnccc1CCl. The quantitative estimate of drug-likeness (QED) is 0.757. The van der Waals surface area contributed by atoms with Gasteiger partial charge in [-0.3, -0.25) is 4.98 Å². The Morgan fingerprint density at radius 2 is 1.94 bits per heavy atom. The van der Waals surface area contributed by atoms with E-state index in [4.69, 9.17) is 16.3 Å². The normalized spacial score (nSPS) is 10.2. The summed E-state index contributed by atoms with van der Waals surface area (Å²) in [6.07, 6.45) is 4.35. The molecule has 0 saturated carbocycles. The van der Waals surface area contributed by atoms with Crippen LogP contribution in [0.1, 0.15) is 18.1 Å². The number of ether oxygens (including phenoxy) is 1. The van der Waals surface area contributed by atoms with E-state index in [-0.39, 0.29) is 0 Å². The van der Waals surface area contributed by atoms with Crippen molar-refractivity contribution in [2.45, 2.75) is 19.2 Å². The van der Waals surface area contributed by atoms with Gasteiger partial charge in [0.2, 0.25) is 0 Å². The lowest BCUT2D eigenvalue weighted by Gasteiger charge is -2.11. The van der Waals surface area contributed by atoms with Crippen LogP contribution >= 0.6 is 11.6 Å². The summed E-state index contributed by atoms with van der Waals surface area (Å²) >= 11 is 5.86. The Morgan fingerprint density at radius 3 is 2.71 bits per heavy atom. The molecule has 0 aliphatic rings. The van der Waals surface area contributed by atoms with Crippen molar-refractivity contribution in [3.63, 3.8) is 0 Å². The first-order valence-electron chi connectivity index (χ1n) is 5.59. The summed E-state index contributed by atoms with van der Waals surface area (Å²) in [7, 11) is 0. The van der Waals surface area contributed by atoms with Gasteiger partial charge in [0.15, 0.2) is 0 Å². The lowest BCUT2D eigenvalue weighted by Crippen LogP contribution is -1.93. The molecule has 0 atom stereocenters. The summed E-state index contributed by atoms with van der Waals surface area (Å²) in [4.78, 5) is 4.06. The van der Waals surface area contributed by atoms with E-state index in [1.165, 1.54) is 5.56 Å². The van der Waals surface area contributed by atoms with Crippen molar-refractivity contribution in [3.8, 4) is 11.5 Å². The van der Waals surface area contributed by atoms with Crippen molar-refractivity contribution in [1.82, 2.24) is 4.98 Å². The summed E-state index contributed by atoms with van der Waals surface area (Å²) in [5, 5.41) is 0. The molecule has 0 fully saturated rings. The first kappa shape index (κ1) is 11.9. The maximum absolute atomic E-state index is 5.88. The monoisotopic (exact) mass is 247 g/mol. The lowest BCUT2D eigenvalue weighted by atomic mass is 10.1. The van der Waals surface area contributed by atoms with Gasteiger partial charge in [0.1, 0.15) is 11.5 Å². The van der Waals surface area contributed by atoms with E-state index in [2.05, 4.69) is 18.0 Å². The fraction of sp³-hybridized carbons (Fsp3) is 0.214. The van der Waals surface area contributed by atoms with E-state index >= 15 is 0 Å². The third kappa shape index (κ3) is 2.77. The van der Waals surface area contributed by atoms with Crippen LogP contribution in [0, 0.1) is 0 Å². The second-order valence-corrected chi connectivity index (χ2v) is 3.95. The zero-order valence-electron chi connectivity index (χ0n) is 9.69. The van der Waals surface area contributed by atoms with Crippen LogP contribution in [0.2, 0.25) is 0 Å². The minimum absolute atomic E-state index is 0.423. The summed E-state index contributed by atoms with van der Waals surface area (Å²) in [6.45, 7) is 2.11. The standard InChI is InChI=1S/C14H14ClNO/c1-2-11-5-3-4-6-13(11)17-14-10-16-8-7-12(14)9-15/h3-8,10H,2,9H2,1H3. The number of aromatic nitrogens is 1. The Kier molecular flexibility index (Phi) is 3.99. The number of pyridine rings is 1. The zero-order valence-corrected chi connectivity index (χ0v) is 10.4. The number of rotatable bonds is 4. The summed E-state index contributed by atoms with van der Waals surface area (Å²) in [6, 6.07) is 9.87. The molecule has 17 heavy (non-hydrogen) atoms. The van der Waals surface area contributed by atoms with Gasteiger partial charge in [0, 0.05) is 11.8 Å². The number of nitrogens with zero attached hydrogens (tertiary/aromatic N) is 1. The van der Waals surface area contributed by atoms with Gasteiger partial charge in [0.25, 0.3) is 0 Å². The number of hydrogen-bond donors (Lipinski definition) is 0. The summed E-state index contributed by atoms with van der Waals surface area (Å²) in [5.41, 5.74) is 2.13. The molecule has 0 bridgehead atoms. The van der Waals surface area contributed by atoms with Crippen LogP contribution in [-0.4, -0.2) is 4.98 Å². The molecule has 0 saturated heterocycles. The average molecular weight is 248 g/mol. The van der Waals surface area contributed by atoms with E-state index in [9.17, 15) is 0 Å². The molecule has 0 unspecified atom stereocenters.